The van der Waals surface area contributed by atoms with Crippen LogP contribution in [0.3, 0.4) is 0 Å². The Bertz CT molecular complexity index is 1170. The lowest BCUT2D eigenvalue weighted by molar-refractivity contribution is -0.134. The molecule has 2 saturated carbocycles. The monoisotopic (exact) mass is 477 g/mol. The molecule has 6 nitrogen and oxygen atoms in total. The molecule has 2 aliphatic carbocycles. The minimum Gasteiger partial charge on any atom is -0.367 e. The summed E-state index contributed by atoms with van der Waals surface area (Å²) in [6, 6.07) is 8.47. The van der Waals surface area contributed by atoms with Crippen molar-refractivity contribution in [3.63, 3.8) is 0 Å². The molecule has 3 aromatic rings. The van der Waals surface area contributed by atoms with Crippen LogP contribution in [-0.4, -0.2) is 44.9 Å². The summed E-state index contributed by atoms with van der Waals surface area (Å²) in [7, 11) is 0. The van der Waals surface area contributed by atoms with E-state index < -0.39 is 0 Å². The van der Waals surface area contributed by atoms with Crippen LogP contribution in [0.1, 0.15) is 51.4 Å². The molecule has 34 heavy (non-hydrogen) atoms. The van der Waals surface area contributed by atoms with Crippen molar-refractivity contribution in [2.45, 2.75) is 57.4 Å². The van der Waals surface area contributed by atoms with E-state index in [1.165, 1.54) is 25.7 Å². The first kappa shape index (κ1) is 21.9. The molecular formula is C27H32ClN5O. The van der Waals surface area contributed by atoms with Crippen molar-refractivity contribution in [1.82, 2.24) is 19.9 Å². The minimum absolute atomic E-state index is 0.353. The van der Waals surface area contributed by atoms with Crippen LogP contribution in [0.25, 0.3) is 22.2 Å². The van der Waals surface area contributed by atoms with Gasteiger partial charge in [0, 0.05) is 48.4 Å². The molecule has 0 unspecified atom stereocenters. The number of halogens is 1. The summed E-state index contributed by atoms with van der Waals surface area (Å²) in [5.41, 5.74) is 3.01. The van der Waals surface area contributed by atoms with Crippen molar-refractivity contribution in [3.8, 4) is 11.1 Å². The summed E-state index contributed by atoms with van der Waals surface area (Å²) < 4.78 is 0. The van der Waals surface area contributed by atoms with Crippen molar-refractivity contribution in [3.05, 3.63) is 41.8 Å². The molecule has 0 atom stereocenters. The van der Waals surface area contributed by atoms with Gasteiger partial charge in [-0.15, -0.1) is 0 Å². The molecule has 0 aromatic carbocycles. The topological polar surface area (TPSA) is 73.9 Å². The van der Waals surface area contributed by atoms with Crippen LogP contribution in [0.2, 0.25) is 5.15 Å². The fraction of sp³-hybridized carbons (Fsp3) is 0.519. The van der Waals surface area contributed by atoms with Gasteiger partial charge in [0.25, 0.3) is 0 Å². The first-order valence-electron chi connectivity index (χ1n) is 12.8. The molecule has 4 heterocycles. The average molecular weight is 478 g/mol. The molecule has 3 aromatic heterocycles. The molecular weight excluding hydrogens is 446 g/mol. The number of anilines is 1. The first-order valence-corrected chi connectivity index (χ1v) is 13.2. The highest BCUT2D eigenvalue weighted by molar-refractivity contribution is 6.29. The van der Waals surface area contributed by atoms with Gasteiger partial charge in [-0.2, -0.15) is 0 Å². The zero-order chi connectivity index (χ0) is 23.1. The van der Waals surface area contributed by atoms with Crippen molar-refractivity contribution in [2.75, 3.05) is 18.4 Å². The fourth-order valence-corrected chi connectivity index (χ4v) is 6.25. The van der Waals surface area contributed by atoms with Crippen LogP contribution >= 0.6 is 11.6 Å². The number of aromatic amines is 1. The Morgan fingerprint density at radius 3 is 2.56 bits per heavy atom. The molecule has 0 bridgehead atoms. The van der Waals surface area contributed by atoms with E-state index in [1.807, 2.05) is 18.3 Å². The number of likely N-dealkylation sites (tertiary alicyclic amines) is 1. The normalized spacial score (nSPS) is 23.9. The third-order valence-corrected chi connectivity index (χ3v) is 8.32. The number of fused-ring (bicyclic) bond motifs is 1. The van der Waals surface area contributed by atoms with Crippen LogP contribution in [0.4, 0.5) is 5.82 Å². The van der Waals surface area contributed by atoms with Crippen LogP contribution in [0.5, 0.6) is 0 Å². The Kier molecular flexibility index (Phi) is 5.94. The molecule has 0 radical (unpaired) electrons. The lowest BCUT2D eigenvalue weighted by Crippen LogP contribution is -2.41. The van der Waals surface area contributed by atoms with Crippen molar-refractivity contribution in [2.24, 2.45) is 17.8 Å². The number of amides is 1. The van der Waals surface area contributed by atoms with Crippen LogP contribution in [0.15, 0.2) is 36.7 Å². The number of H-pyrrole nitrogens is 1. The summed E-state index contributed by atoms with van der Waals surface area (Å²) in [6.45, 7) is 1.94. The lowest BCUT2D eigenvalue weighted by Gasteiger charge is -2.39. The second-order valence-electron chi connectivity index (χ2n) is 10.4. The predicted octanol–water partition coefficient (Wildman–Crippen LogP) is 5.90. The molecule has 7 heteroatoms. The largest absolute Gasteiger partial charge is 0.367 e. The van der Waals surface area contributed by atoms with E-state index in [2.05, 4.69) is 37.3 Å². The second kappa shape index (κ2) is 9.21. The number of piperidine rings is 1. The fourth-order valence-electron chi connectivity index (χ4n) is 6.04. The lowest BCUT2D eigenvalue weighted by atomic mass is 9.74. The Hall–Kier alpha value is -2.60. The van der Waals surface area contributed by atoms with Crippen molar-refractivity contribution >= 4 is 34.4 Å². The molecule has 178 valence electrons. The quantitative estimate of drug-likeness (QED) is 0.449. The number of hydrogen-bond donors (Lipinski definition) is 2. The number of pyridine rings is 2. The predicted molar refractivity (Wildman–Crippen MR) is 136 cm³/mol. The van der Waals surface area contributed by atoms with Gasteiger partial charge in [-0.05, 0) is 93.0 Å². The van der Waals surface area contributed by atoms with Crippen LogP contribution < -0.4 is 5.32 Å². The summed E-state index contributed by atoms with van der Waals surface area (Å²) in [5.74, 6) is 3.18. The highest BCUT2D eigenvalue weighted by Gasteiger charge is 2.36. The highest BCUT2D eigenvalue weighted by atomic mass is 35.5. The Labute approximate surface area is 205 Å². The number of nitrogens with one attached hydrogen (secondary N) is 2. The van der Waals surface area contributed by atoms with E-state index in [-0.39, 0.29) is 0 Å². The van der Waals surface area contributed by atoms with Gasteiger partial charge in [0.1, 0.15) is 16.6 Å². The van der Waals surface area contributed by atoms with Crippen molar-refractivity contribution < 1.29 is 4.79 Å². The average Bonchev–Trinajstić information content (AvgIpc) is 3.62. The second-order valence-corrected chi connectivity index (χ2v) is 10.7. The summed E-state index contributed by atoms with van der Waals surface area (Å²) in [6.07, 6.45) is 13.2. The van der Waals surface area contributed by atoms with Crippen LogP contribution in [-0.2, 0) is 4.79 Å². The molecule has 3 aliphatic rings. The number of hydrogen-bond acceptors (Lipinski definition) is 4. The smallest absolute Gasteiger partial charge is 0.225 e. The third kappa shape index (κ3) is 4.52. The van der Waals surface area contributed by atoms with E-state index in [0.29, 0.717) is 23.0 Å². The first-order chi connectivity index (χ1) is 16.6. The zero-order valence-corrected chi connectivity index (χ0v) is 20.2. The molecule has 6 rings (SSSR count). The van der Waals surface area contributed by atoms with E-state index in [9.17, 15) is 4.79 Å². The van der Waals surface area contributed by atoms with E-state index in [1.54, 1.807) is 6.20 Å². The molecule has 2 N–H and O–H groups in total. The molecule has 1 amide bonds. The number of nitrogens with zero attached hydrogens (tertiary/aromatic N) is 3. The van der Waals surface area contributed by atoms with Gasteiger partial charge in [0.2, 0.25) is 5.91 Å². The van der Waals surface area contributed by atoms with E-state index in [0.717, 1.165) is 78.6 Å². The zero-order valence-electron chi connectivity index (χ0n) is 19.5. The molecule has 3 fully saturated rings. The summed E-state index contributed by atoms with van der Waals surface area (Å²) >= 11 is 6.41. The highest BCUT2D eigenvalue weighted by Crippen LogP contribution is 2.39. The summed E-state index contributed by atoms with van der Waals surface area (Å²) in [5, 5.41) is 5.25. The third-order valence-electron chi connectivity index (χ3n) is 8.12. The Balaban J connectivity index is 1.06. The minimum atomic E-state index is 0.353. The number of carbonyl (C=O) groups excluding carboxylic acids is 1. The molecule has 0 spiro atoms. The van der Waals surface area contributed by atoms with Crippen molar-refractivity contribution in [1.29, 1.82) is 0 Å². The SMILES string of the molecule is O=C(C1CC1)N1CCC(C2CCC(Nc3cc(-c4c[nH]c5ncccc45)cc(Cl)n3)CC2)CC1. The van der Waals surface area contributed by atoms with Gasteiger partial charge in [0.05, 0.1) is 0 Å². The number of rotatable bonds is 5. The maximum atomic E-state index is 12.3. The van der Waals surface area contributed by atoms with Gasteiger partial charge < -0.3 is 15.2 Å². The van der Waals surface area contributed by atoms with Gasteiger partial charge in [-0.1, -0.05) is 11.6 Å². The maximum Gasteiger partial charge on any atom is 0.225 e. The van der Waals surface area contributed by atoms with Gasteiger partial charge >= 0.3 is 0 Å². The van der Waals surface area contributed by atoms with E-state index >= 15 is 0 Å². The Morgan fingerprint density at radius 2 is 1.79 bits per heavy atom. The Morgan fingerprint density at radius 1 is 1.03 bits per heavy atom. The van der Waals surface area contributed by atoms with E-state index in [4.69, 9.17) is 11.6 Å². The van der Waals surface area contributed by atoms with Gasteiger partial charge in [-0.25, -0.2) is 9.97 Å². The standard InChI is InChI=1S/C27H32ClN5O/c28-24-14-20(23-16-30-26-22(23)2-1-11-29-26)15-25(32-24)31-21-7-5-17(6-8-21)18-9-12-33(13-10-18)27(34)19-3-4-19/h1-2,11,14-19,21H,3-10,12-13H2,(H,29,30)(H,31,32). The summed E-state index contributed by atoms with van der Waals surface area (Å²) in [4.78, 5) is 26.7. The maximum absolute atomic E-state index is 12.3. The number of carbonyl (C=O) groups is 1. The van der Waals surface area contributed by atoms with Crippen LogP contribution in [0, 0.1) is 17.8 Å². The number of aromatic nitrogens is 3. The van der Waals surface area contributed by atoms with Gasteiger partial charge in [-0.3, -0.25) is 4.79 Å². The molecule has 1 aliphatic heterocycles. The molecule has 1 saturated heterocycles. The van der Waals surface area contributed by atoms with Gasteiger partial charge in [0.15, 0.2) is 0 Å².